The van der Waals surface area contributed by atoms with Crippen molar-refractivity contribution in [2.24, 2.45) is 17.8 Å². The van der Waals surface area contributed by atoms with Crippen LogP contribution in [0.1, 0.15) is 26.7 Å². The summed E-state index contributed by atoms with van der Waals surface area (Å²) in [6.45, 7) is 7.03. The lowest BCUT2D eigenvalue weighted by molar-refractivity contribution is 0.168. The number of aliphatic hydroxyl groups excluding tert-OH is 1. The van der Waals surface area contributed by atoms with E-state index in [0.29, 0.717) is 18.4 Å². The Bertz CT molecular complexity index is 127. The van der Waals surface area contributed by atoms with E-state index in [2.05, 4.69) is 19.2 Å². The van der Waals surface area contributed by atoms with Gasteiger partial charge >= 0.3 is 0 Å². The van der Waals surface area contributed by atoms with Crippen LogP contribution in [-0.4, -0.2) is 24.8 Å². The second kappa shape index (κ2) is 4.83. The molecule has 1 heterocycles. The zero-order chi connectivity index (χ0) is 8.97. The minimum absolute atomic E-state index is 0.360. The molecule has 2 heteroatoms. The molecule has 2 N–H and O–H groups in total. The maximum absolute atomic E-state index is 9.17. The molecule has 0 aromatic carbocycles. The van der Waals surface area contributed by atoms with Crippen LogP contribution in [0.25, 0.3) is 0 Å². The summed E-state index contributed by atoms with van der Waals surface area (Å²) >= 11 is 0. The van der Waals surface area contributed by atoms with E-state index in [4.69, 9.17) is 0 Å². The van der Waals surface area contributed by atoms with Crippen molar-refractivity contribution in [3.05, 3.63) is 0 Å². The molecule has 2 nitrogen and oxygen atoms in total. The van der Waals surface area contributed by atoms with Crippen LogP contribution in [0.5, 0.6) is 0 Å². The summed E-state index contributed by atoms with van der Waals surface area (Å²) < 4.78 is 0. The Balaban J connectivity index is 2.46. The van der Waals surface area contributed by atoms with E-state index >= 15 is 0 Å². The van der Waals surface area contributed by atoms with Gasteiger partial charge in [-0.3, -0.25) is 0 Å². The van der Waals surface area contributed by atoms with Crippen LogP contribution in [0.3, 0.4) is 0 Å². The summed E-state index contributed by atoms with van der Waals surface area (Å²) in [7, 11) is 0. The average Bonchev–Trinajstić information content (AvgIpc) is 2.27. The van der Waals surface area contributed by atoms with E-state index in [0.717, 1.165) is 19.0 Å². The Kier molecular flexibility index (Phi) is 4.02. The van der Waals surface area contributed by atoms with Gasteiger partial charge in [-0.05, 0) is 37.3 Å². The lowest BCUT2D eigenvalue weighted by Crippen LogP contribution is -2.24. The molecule has 1 fully saturated rings. The molecule has 1 aliphatic heterocycles. The molecule has 0 aliphatic carbocycles. The first-order chi connectivity index (χ1) is 5.77. The molecule has 1 saturated heterocycles. The smallest absolute Gasteiger partial charge is 0.0462 e. The van der Waals surface area contributed by atoms with Crippen molar-refractivity contribution in [1.29, 1.82) is 0 Å². The monoisotopic (exact) mass is 171 g/mol. The number of nitrogens with one attached hydrogen (secondary N) is 1. The van der Waals surface area contributed by atoms with Gasteiger partial charge in [0, 0.05) is 6.61 Å². The van der Waals surface area contributed by atoms with Gasteiger partial charge in [-0.2, -0.15) is 0 Å². The Labute approximate surface area is 75.4 Å². The fraction of sp³-hybridized carbons (Fsp3) is 1.00. The van der Waals surface area contributed by atoms with Crippen LogP contribution in [-0.2, 0) is 0 Å². The third-order valence-corrected chi connectivity index (χ3v) is 3.15. The van der Waals surface area contributed by atoms with Crippen LogP contribution in [0.15, 0.2) is 0 Å². The molecular formula is C10H21NO. The predicted molar refractivity (Wildman–Crippen MR) is 51.0 cm³/mol. The quantitative estimate of drug-likeness (QED) is 0.655. The average molecular weight is 171 g/mol. The zero-order valence-electron chi connectivity index (χ0n) is 8.21. The minimum Gasteiger partial charge on any atom is -0.396 e. The molecule has 1 rings (SSSR count). The molecule has 0 amide bonds. The van der Waals surface area contributed by atoms with E-state index < -0.39 is 0 Å². The third-order valence-electron chi connectivity index (χ3n) is 3.15. The maximum Gasteiger partial charge on any atom is 0.0462 e. The molecule has 3 atom stereocenters. The van der Waals surface area contributed by atoms with E-state index in [1.807, 2.05) is 0 Å². The standard InChI is InChI=1S/C10H21NO/c1-3-9-4-10(7-12)8(2)5-11-6-9/h8-12H,3-7H2,1-2H3. The highest BCUT2D eigenvalue weighted by Crippen LogP contribution is 2.24. The second-order valence-electron chi connectivity index (χ2n) is 4.09. The summed E-state index contributed by atoms with van der Waals surface area (Å²) in [5, 5.41) is 12.6. The topological polar surface area (TPSA) is 32.3 Å². The third kappa shape index (κ3) is 2.46. The van der Waals surface area contributed by atoms with E-state index in [1.165, 1.54) is 12.8 Å². The Morgan fingerprint density at radius 1 is 1.42 bits per heavy atom. The van der Waals surface area contributed by atoms with Crippen molar-refractivity contribution in [3.8, 4) is 0 Å². The van der Waals surface area contributed by atoms with Gasteiger partial charge in [0.1, 0.15) is 0 Å². The van der Waals surface area contributed by atoms with Crippen LogP contribution in [0, 0.1) is 17.8 Å². The number of hydrogen-bond donors (Lipinski definition) is 2. The zero-order valence-corrected chi connectivity index (χ0v) is 8.21. The van der Waals surface area contributed by atoms with Crippen molar-refractivity contribution in [2.75, 3.05) is 19.7 Å². The van der Waals surface area contributed by atoms with Crippen molar-refractivity contribution < 1.29 is 5.11 Å². The van der Waals surface area contributed by atoms with Crippen LogP contribution < -0.4 is 5.32 Å². The fourth-order valence-corrected chi connectivity index (χ4v) is 1.99. The van der Waals surface area contributed by atoms with E-state index in [9.17, 15) is 5.11 Å². The lowest BCUT2D eigenvalue weighted by atomic mass is 9.87. The van der Waals surface area contributed by atoms with Gasteiger partial charge in [0.05, 0.1) is 0 Å². The van der Waals surface area contributed by atoms with E-state index in [-0.39, 0.29) is 0 Å². The Morgan fingerprint density at radius 2 is 2.17 bits per heavy atom. The minimum atomic E-state index is 0.360. The fourth-order valence-electron chi connectivity index (χ4n) is 1.99. The van der Waals surface area contributed by atoms with Gasteiger partial charge < -0.3 is 10.4 Å². The summed E-state index contributed by atoms with van der Waals surface area (Å²) in [5.74, 6) is 1.92. The van der Waals surface area contributed by atoms with Gasteiger partial charge in [0.25, 0.3) is 0 Å². The molecular weight excluding hydrogens is 150 g/mol. The SMILES string of the molecule is CCC1CNCC(C)C(CO)C1. The summed E-state index contributed by atoms with van der Waals surface area (Å²) in [5.41, 5.74) is 0. The molecule has 72 valence electrons. The van der Waals surface area contributed by atoms with Crippen molar-refractivity contribution in [2.45, 2.75) is 26.7 Å². The largest absolute Gasteiger partial charge is 0.396 e. The first-order valence-electron chi connectivity index (χ1n) is 5.09. The Hall–Kier alpha value is -0.0800. The molecule has 0 bridgehead atoms. The molecule has 3 unspecified atom stereocenters. The van der Waals surface area contributed by atoms with Crippen molar-refractivity contribution in [3.63, 3.8) is 0 Å². The predicted octanol–water partition coefficient (Wildman–Crippen LogP) is 1.25. The second-order valence-corrected chi connectivity index (χ2v) is 4.09. The highest BCUT2D eigenvalue weighted by atomic mass is 16.3. The number of aliphatic hydroxyl groups is 1. The van der Waals surface area contributed by atoms with Crippen molar-refractivity contribution in [1.82, 2.24) is 5.32 Å². The molecule has 1 aliphatic rings. The molecule has 0 aromatic rings. The number of rotatable bonds is 2. The molecule has 0 spiro atoms. The normalized spacial score (nSPS) is 37.8. The summed E-state index contributed by atoms with van der Waals surface area (Å²) in [6.07, 6.45) is 2.43. The molecule has 0 aromatic heterocycles. The summed E-state index contributed by atoms with van der Waals surface area (Å²) in [4.78, 5) is 0. The van der Waals surface area contributed by atoms with Crippen LogP contribution in [0.4, 0.5) is 0 Å². The van der Waals surface area contributed by atoms with E-state index in [1.54, 1.807) is 0 Å². The van der Waals surface area contributed by atoms with Gasteiger partial charge in [-0.1, -0.05) is 20.3 Å². The Morgan fingerprint density at radius 3 is 2.75 bits per heavy atom. The van der Waals surface area contributed by atoms with Gasteiger partial charge in [-0.25, -0.2) is 0 Å². The van der Waals surface area contributed by atoms with Crippen molar-refractivity contribution >= 4 is 0 Å². The number of hydrogen-bond acceptors (Lipinski definition) is 2. The lowest BCUT2D eigenvalue weighted by Gasteiger charge is -2.20. The van der Waals surface area contributed by atoms with Gasteiger partial charge in [0.15, 0.2) is 0 Å². The molecule has 12 heavy (non-hydrogen) atoms. The highest BCUT2D eigenvalue weighted by molar-refractivity contribution is 4.77. The van der Waals surface area contributed by atoms with Crippen LogP contribution >= 0.6 is 0 Å². The summed E-state index contributed by atoms with van der Waals surface area (Å²) in [6, 6.07) is 0. The first-order valence-corrected chi connectivity index (χ1v) is 5.09. The first kappa shape index (κ1) is 10.0. The molecule has 0 radical (unpaired) electrons. The van der Waals surface area contributed by atoms with Gasteiger partial charge in [0.2, 0.25) is 0 Å². The maximum atomic E-state index is 9.17. The highest BCUT2D eigenvalue weighted by Gasteiger charge is 2.23. The van der Waals surface area contributed by atoms with Crippen LogP contribution in [0.2, 0.25) is 0 Å². The molecule has 0 saturated carbocycles. The van der Waals surface area contributed by atoms with Gasteiger partial charge in [-0.15, -0.1) is 0 Å².